The molecule has 0 saturated heterocycles. The largest absolute Gasteiger partial charge is 0.135 e. The lowest BCUT2D eigenvalue weighted by atomic mass is 9.82. The first-order valence-corrected chi connectivity index (χ1v) is 14.7. The van der Waals surface area contributed by atoms with Crippen molar-refractivity contribution >= 4 is 42.3 Å². The number of thiophene rings is 1. The van der Waals surface area contributed by atoms with Crippen LogP contribution in [0.3, 0.4) is 0 Å². The van der Waals surface area contributed by atoms with Gasteiger partial charge in [0.1, 0.15) is 0 Å². The van der Waals surface area contributed by atoms with E-state index >= 15 is 0 Å². The normalized spacial score (nSPS) is 16.9. The molecule has 5 aromatic carbocycles. The number of rotatable bonds is 3. The third-order valence-electron chi connectivity index (χ3n) is 8.48. The molecule has 0 nitrogen and oxygen atoms in total. The summed E-state index contributed by atoms with van der Waals surface area (Å²) < 4.78 is 2.72. The van der Waals surface area contributed by atoms with Crippen molar-refractivity contribution in [3.63, 3.8) is 0 Å². The first kappa shape index (κ1) is 22.8. The first-order valence-electron chi connectivity index (χ1n) is 13.9. The molecule has 0 aliphatic heterocycles. The van der Waals surface area contributed by atoms with Crippen LogP contribution in [0.25, 0.3) is 53.2 Å². The summed E-state index contributed by atoms with van der Waals surface area (Å²) >= 11 is 1.90. The Balaban J connectivity index is 1.27. The van der Waals surface area contributed by atoms with Crippen LogP contribution < -0.4 is 0 Å². The maximum Gasteiger partial charge on any atom is 0.0355 e. The molecule has 0 fully saturated rings. The van der Waals surface area contributed by atoms with Gasteiger partial charge in [0, 0.05) is 26.1 Å². The van der Waals surface area contributed by atoms with Crippen molar-refractivity contribution in [3.8, 4) is 22.3 Å². The van der Waals surface area contributed by atoms with Crippen LogP contribution in [-0.2, 0) is 0 Å². The van der Waals surface area contributed by atoms with Gasteiger partial charge in [-0.05, 0) is 105 Å². The van der Waals surface area contributed by atoms with Crippen molar-refractivity contribution in [2.45, 2.75) is 25.2 Å². The molecular weight excluding hydrogens is 488 g/mol. The highest BCUT2D eigenvalue weighted by atomic mass is 32.1. The maximum atomic E-state index is 2.46. The van der Waals surface area contributed by atoms with E-state index in [1.807, 2.05) is 11.3 Å². The van der Waals surface area contributed by atoms with E-state index in [0.29, 0.717) is 5.92 Å². The molecule has 0 saturated carbocycles. The van der Waals surface area contributed by atoms with Gasteiger partial charge in [-0.2, -0.15) is 0 Å². The average Bonchev–Trinajstić information content (AvgIpc) is 3.38. The van der Waals surface area contributed by atoms with E-state index in [4.69, 9.17) is 0 Å². The van der Waals surface area contributed by atoms with Gasteiger partial charge in [0.05, 0.1) is 0 Å². The van der Waals surface area contributed by atoms with Crippen LogP contribution in [0.2, 0.25) is 0 Å². The summed E-state index contributed by atoms with van der Waals surface area (Å²) in [6, 6.07) is 38.4. The van der Waals surface area contributed by atoms with Crippen molar-refractivity contribution in [2.24, 2.45) is 0 Å². The Morgan fingerprint density at radius 3 is 2.13 bits per heavy atom. The second-order valence-corrected chi connectivity index (χ2v) is 11.9. The van der Waals surface area contributed by atoms with E-state index in [1.165, 1.54) is 82.7 Å². The highest BCUT2D eigenvalue weighted by Crippen LogP contribution is 2.42. The summed E-state index contributed by atoms with van der Waals surface area (Å²) in [4.78, 5) is 0. The van der Waals surface area contributed by atoms with Crippen LogP contribution in [-0.4, -0.2) is 0 Å². The lowest BCUT2D eigenvalue weighted by molar-refractivity contribution is 0.792. The third kappa shape index (κ3) is 3.97. The quantitative estimate of drug-likeness (QED) is 0.219. The molecule has 2 aliphatic rings. The second kappa shape index (κ2) is 9.22. The number of hydrogen-bond donors (Lipinski definition) is 0. The van der Waals surface area contributed by atoms with Gasteiger partial charge in [-0.25, -0.2) is 0 Å². The molecule has 1 atom stereocenters. The van der Waals surface area contributed by atoms with Crippen molar-refractivity contribution in [3.05, 3.63) is 144 Å². The molecule has 1 heteroatoms. The molecule has 0 amide bonds. The maximum absolute atomic E-state index is 2.46. The summed E-state index contributed by atoms with van der Waals surface area (Å²) in [5.41, 5.74) is 9.58. The van der Waals surface area contributed by atoms with Gasteiger partial charge < -0.3 is 0 Å². The zero-order valence-electron chi connectivity index (χ0n) is 21.7. The zero-order chi connectivity index (χ0) is 25.8. The first-order chi connectivity index (χ1) is 19.3. The minimum absolute atomic E-state index is 0.444. The fourth-order valence-corrected chi connectivity index (χ4v) is 7.48. The van der Waals surface area contributed by atoms with Crippen molar-refractivity contribution < 1.29 is 0 Å². The number of benzene rings is 5. The lowest BCUT2D eigenvalue weighted by Crippen LogP contribution is -2.05. The van der Waals surface area contributed by atoms with E-state index in [0.717, 1.165) is 6.42 Å². The monoisotopic (exact) mass is 516 g/mol. The van der Waals surface area contributed by atoms with Crippen LogP contribution >= 0.6 is 11.3 Å². The Kier molecular flexibility index (Phi) is 5.38. The van der Waals surface area contributed by atoms with Crippen LogP contribution in [0.5, 0.6) is 0 Å². The highest BCUT2D eigenvalue weighted by Gasteiger charge is 2.19. The molecule has 2 aliphatic carbocycles. The summed E-state index contributed by atoms with van der Waals surface area (Å²) in [6.07, 6.45) is 13.0. The zero-order valence-corrected chi connectivity index (χ0v) is 22.5. The Labute approximate surface area is 233 Å². The summed E-state index contributed by atoms with van der Waals surface area (Å²) in [5, 5.41) is 5.29. The third-order valence-corrected chi connectivity index (χ3v) is 9.64. The van der Waals surface area contributed by atoms with Crippen molar-refractivity contribution in [1.29, 1.82) is 0 Å². The topological polar surface area (TPSA) is 0 Å². The van der Waals surface area contributed by atoms with Gasteiger partial charge >= 0.3 is 0 Å². The fraction of sp³-hybridized carbons (Fsp3) is 0.105. The van der Waals surface area contributed by atoms with Gasteiger partial charge in [-0.1, -0.05) is 91.0 Å². The molecule has 186 valence electrons. The SMILES string of the molecule is C1=CC2=C(C=CC(c3ccc4sc5ccc(-c6cc7ccccc7cc6-c6ccccc6)cc5c4c3)C2)CC1. The van der Waals surface area contributed by atoms with E-state index in [-0.39, 0.29) is 0 Å². The Morgan fingerprint density at radius 2 is 1.31 bits per heavy atom. The molecule has 1 unspecified atom stereocenters. The smallest absolute Gasteiger partial charge is 0.0355 e. The minimum Gasteiger partial charge on any atom is -0.135 e. The van der Waals surface area contributed by atoms with Gasteiger partial charge in [0.2, 0.25) is 0 Å². The average molecular weight is 517 g/mol. The van der Waals surface area contributed by atoms with Crippen molar-refractivity contribution in [1.82, 2.24) is 0 Å². The number of allylic oxidation sites excluding steroid dienone is 6. The van der Waals surface area contributed by atoms with Gasteiger partial charge in [0.15, 0.2) is 0 Å². The van der Waals surface area contributed by atoms with Crippen LogP contribution in [0, 0.1) is 0 Å². The lowest BCUT2D eigenvalue weighted by Gasteiger charge is -2.23. The van der Waals surface area contributed by atoms with Gasteiger partial charge in [0.25, 0.3) is 0 Å². The van der Waals surface area contributed by atoms with Crippen LogP contribution in [0.4, 0.5) is 0 Å². The Hall–Kier alpha value is -4.20. The van der Waals surface area contributed by atoms with E-state index < -0.39 is 0 Å². The van der Waals surface area contributed by atoms with E-state index in [2.05, 4.69) is 127 Å². The van der Waals surface area contributed by atoms with E-state index in [1.54, 1.807) is 0 Å². The number of fused-ring (bicyclic) bond motifs is 4. The predicted molar refractivity (Wildman–Crippen MR) is 170 cm³/mol. The Bertz CT molecular complexity index is 1980. The summed E-state index contributed by atoms with van der Waals surface area (Å²) in [6.45, 7) is 0. The molecule has 0 N–H and O–H groups in total. The highest BCUT2D eigenvalue weighted by molar-refractivity contribution is 7.25. The molecule has 1 heterocycles. The molecule has 0 radical (unpaired) electrons. The summed E-state index contributed by atoms with van der Waals surface area (Å²) in [5.74, 6) is 0.444. The molecule has 39 heavy (non-hydrogen) atoms. The predicted octanol–water partition coefficient (Wildman–Crippen LogP) is 11.2. The standard InChI is InChI=1S/C38H28S/c1-2-9-26(10-3-1)33-21-28-12-6-7-13-29(28)22-34(33)32-17-19-38-36(24-32)35-23-31(16-18-37(35)39-38)30-15-14-25-8-4-5-11-27(25)20-30/h1-3,5-7,9-19,21-24,30H,4,8,20H2. The van der Waals surface area contributed by atoms with Crippen LogP contribution in [0.15, 0.2) is 139 Å². The van der Waals surface area contributed by atoms with Crippen molar-refractivity contribution in [2.75, 3.05) is 0 Å². The van der Waals surface area contributed by atoms with Gasteiger partial charge in [-0.15, -0.1) is 11.3 Å². The van der Waals surface area contributed by atoms with Crippen LogP contribution in [0.1, 0.15) is 30.7 Å². The van der Waals surface area contributed by atoms with E-state index in [9.17, 15) is 0 Å². The molecule has 0 spiro atoms. The van der Waals surface area contributed by atoms with Gasteiger partial charge in [-0.3, -0.25) is 0 Å². The molecule has 1 aromatic heterocycles. The molecule has 8 rings (SSSR count). The minimum atomic E-state index is 0.444. The summed E-state index contributed by atoms with van der Waals surface area (Å²) in [7, 11) is 0. The molecular formula is C38H28S. The Morgan fingerprint density at radius 1 is 0.590 bits per heavy atom. The fourth-order valence-electron chi connectivity index (χ4n) is 6.42. The number of hydrogen-bond acceptors (Lipinski definition) is 1. The molecule has 6 aromatic rings. The molecule has 0 bridgehead atoms. The second-order valence-electron chi connectivity index (χ2n) is 10.8.